The van der Waals surface area contributed by atoms with Crippen LogP contribution in [0.4, 0.5) is 0 Å². The van der Waals surface area contributed by atoms with Gasteiger partial charge in [-0.15, -0.1) is 0 Å². The number of hydrogen-bond acceptors (Lipinski definition) is 5. The van der Waals surface area contributed by atoms with E-state index >= 15 is 0 Å². The number of carbonyl (C=O) groups is 3. The number of hydrogen-bond donors (Lipinski definition) is 0. The topological polar surface area (TPSA) is 69.7 Å². The summed E-state index contributed by atoms with van der Waals surface area (Å²) in [5.74, 6) is -1.60. The molecule has 0 N–H and O–H groups in total. The van der Waals surface area contributed by atoms with Crippen LogP contribution in [0.15, 0.2) is 24.3 Å². The first kappa shape index (κ1) is 16.9. The summed E-state index contributed by atoms with van der Waals surface area (Å²) in [7, 11) is 0. The van der Waals surface area contributed by atoms with Crippen molar-refractivity contribution in [1.82, 2.24) is 0 Å². The Labute approximate surface area is 142 Å². The second-order valence-corrected chi connectivity index (χ2v) is 7.75. The molecule has 1 saturated heterocycles. The van der Waals surface area contributed by atoms with E-state index in [-0.39, 0.29) is 29.5 Å². The van der Waals surface area contributed by atoms with Crippen molar-refractivity contribution in [2.75, 3.05) is 0 Å². The largest absolute Gasteiger partial charge is 0.460 e. The van der Waals surface area contributed by atoms with E-state index in [9.17, 15) is 14.4 Å². The van der Waals surface area contributed by atoms with E-state index in [1.54, 1.807) is 19.9 Å². The molecule has 0 aromatic carbocycles. The van der Waals surface area contributed by atoms with Crippen molar-refractivity contribution in [3.05, 3.63) is 24.3 Å². The molecule has 130 valence electrons. The van der Waals surface area contributed by atoms with E-state index in [1.165, 1.54) is 0 Å². The Bertz CT molecular complexity index is 646. The number of rotatable bonds is 2. The summed E-state index contributed by atoms with van der Waals surface area (Å²) in [6.07, 6.45) is 2.98. The van der Waals surface area contributed by atoms with Crippen molar-refractivity contribution in [3.63, 3.8) is 0 Å². The lowest BCUT2D eigenvalue weighted by molar-refractivity contribution is -0.168. The Morgan fingerprint density at radius 1 is 1.42 bits per heavy atom. The van der Waals surface area contributed by atoms with Crippen molar-refractivity contribution >= 4 is 17.7 Å². The van der Waals surface area contributed by atoms with Crippen LogP contribution in [0.3, 0.4) is 0 Å². The molecule has 1 heterocycles. The van der Waals surface area contributed by atoms with Gasteiger partial charge in [0.15, 0.2) is 5.78 Å². The van der Waals surface area contributed by atoms with Crippen molar-refractivity contribution in [3.8, 4) is 0 Å². The number of carbonyl (C=O) groups excluding carboxylic acids is 3. The van der Waals surface area contributed by atoms with Gasteiger partial charge in [0, 0.05) is 5.57 Å². The van der Waals surface area contributed by atoms with Crippen molar-refractivity contribution < 1.29 is 23.9 Å². The summed E-state index contributed by atoms with van der Waals surface area (Å²) >= 11 is 0. The van der Waals surface area contributed by atoms with Gasteiger partial charge >= 0.3 is 11.9 Å². The normalized spacial score (nSPS) is 41.0. The van der Waals surface area contributed by atoms with Crippen LogP contribution in [0.2, 0.25) is 0 Å². The quantitative estimate of drug-likeness (QED) is 0.574. The molecule has 1 aliphatic heterocycles. The molecule has 5 nitrogen and oxygen atoms in total. The molecule has 3 rings (SSSR count). The summed E-state index contributed by atoms with van der Waals surface area (Å²) in [4.78, 5) is 37.1. The Morgan fingerprint density at radius 2 is 2.08 bits per heavy atom. The minimum absolute atomic E-state index is 0.0490. The lowest BCUT2D eigenvalue weighted by atomic mass is 9.67. The molecule has 1 saturated carbocycles. The standard InChI is InChI=1S/C19H24O5/c1-9(2)17(21)24-16-15-11(4)18(22)23-13(15)8-10(3)12-6-7-14(20)19(12,16)5/h6-7,9-10,12-13,15-16H,4,8H2,1-3,5H3/t10-,12+,13-,15-,16+,19+/m1/s1. The molecule has 2 fully saturated rings. The number of allylic oxidation sites excluding steroid dienone is 2. The zero-order chi connectivity index (χ0) is 17.8. The van der Waals surface area contributed by atoms with Gasteiger partial charge in [0.05, 0.1) is 17.3 Å². The molecule has 0 unspecified atom stereocenters. The van der Waals surface area contributed by atoms with Crippen LogP contribution < -0.4 is 0 Å². The second kappa shape index (κ2) is 5.57. The lowest BCUT2D eigenvalue weighted by Crippen LogP contribution is -2.49. The summed E-state index contributed by atoms with van der Waals surface area (Å²) in [5, 5.41) is 0. The van der Waals surface area contributed by atoms with Crippen LogP contribution >= 0.6 is 0 Å². The van der Waals surface area contributed by atoms with Gasteiger partial charge in [-0.05, 0) is 31.3 Å². The molecule has 5 heteroatoms. The summed E-state index contributed by atoms with van der Waals surface area (Å²) < 4.78 is 11.3. The smallest absolute Gasteiger partial charge is 0.334 e. The van der Waals surface area contributed by atoms with Gasteiger partial charge in [0.2, 0.25) is 0 Å². The van der Waals surface area contributed by atoms with Gasteiger partial charge in [-0.2, -0.15) is 0 Å². The van der Waals surface area contributed by atoms with Gasteiger partial charge in [0.1, 0.15) is 12.2 Å². The van der Waals surface area contributed by atoms with Crippen LogP contribution in [0, 0.1) is 29.1 Å². The Kier molecular flexibility index (Phi) is 3.93. The minimum Gasteiger partial charge on any atom is -0.460 e. The molecule has 0 spiro atoms. The summed E-state index contributed by atoms with van der Waals surface area (Å²) in [6, 6.07) is 0. The molecule has 0 aromatic rings. The fourth-order valence-electron chi connectivity index (χ4n) is 4.41. The number of esters is 2. The van der Waals surface area contributed by atoms with E-state index in [0.717, 1.165) is 0 Å². The third kappa shape index (κ3) is 2.25. The van der Waals surface area contributed by atoms with Crippen molar-refractivity contribution in [2.24, 2.45) is 29.1 Å². The zero-order valence-electron chi connectivity index (χ0n) is 14.6. The Morgan fingerprint density at radius 3 is 2.71 bits per heavy atom. The maximum Gasteiger partial charge on any atom is 0.334 e. The first-order chi connectivity index (χ1) is 11.2. The SMILES string of the molecule is C=C1C(=O)O[C@@H]2C[C@@H](C)[C@@H]3C=CC(=O)[C@@]3(C)[C@@H](OC(=O)C(C)C)[C@H]12. The molecule has 3 aliphatic rings. The maximum atomic E-state index is 12.7. The molecule has 0 bridgehead atoms. The van der Waals surface area contributed by atoms with Gasteiger partial charge in [-0.3, -0.25) is 9.59 Å². The van der Waals surface area contributed by atoms with E-state index in [1.807, 2.05) is 19.9 Å². The molecule has 2 aliphatic carbocycles. The third-order valence-corrected chi connectivity index (χ3v) is 5.85. The van der Waals surface area contributed by atoms with Crippen LogP contribution in [-0.2, 0) is 23.9 Å². The van der Waals surface area contributed by atoms with Gasteiger partial charge in [-0.25, -0.2) is 4.79 Å². The Balaban J connectivity index is 2.09. The average Bonchev–Trinajstić information content (AvgIpc) is 2.92. The summed E-state index contributed by atoms with van der Waals surface area (Å²) in [6.45, 7) is 11.2. The van der Waals surface area contributed by atoms with Crippen LogP contribution in [-0.4, -0.2) is 29.9 Å². The summed E-state index contributed by atoms with van der Waals surface area (Å²) in [5.41, 5.74) is -0.587. The minimum atomic E-state index is -0.889. The highest BCUT2D eigenvalue weighted by molar-refractivity contribution is 5.99. The monoisotopic (exact) mass is 332 g/mol. The third-order valence-electron chi connectivity index (χ3n) is 5.85. The highest BCUT2D eigenvalue weighted by Gasteiger charge is 2.62. The van der Waals surface area contributed by atoms with Gasteiger partial charge in [-0.1, -0.05) is 33.4 Å². The molecule has 6 atom stereocenters. The molecule has 24 heavy (non-hydrogen) atoms. The fourth-order valence-corrected chi connectivity index (χ4v) is 4.41. The second-order valence-electron chi connectivity index (χ2n) is 7.75. The molecular weight excluding hydrogens is 308 g/mol. The number of ketones is 1. The van der Waals surface area contributed by atoms with E-state index in [0.29, 0.717) is 12.0 Å². The molecule has 0 amide bonds. The first-order valence-corrected chi connectivity index (χ1v) is 8.50. The number of fused-ring (bicyclic) bond motifs is 2. The predicted molar refractivity (Wildman–Crippen MR) is 86.8 cm³/mol. The molecule has 0 aromatic heterocycles. The van der Waals surface area contributed by atoms with E-state index in [4.69, 9.17) is 9.47 Å². The fraction of sp³-hybridized carbons (Fsp3) is 0.632. The lowest BCUT2D eigenvalue weighted by Gasteiger charge is -2.39. The molecular formula is C19H24O5. The highest BCUT2D eigenvalue weighted by Crippen LogP contribution is 2.54. The number of ether oxygens (including phenoxy) is 2. The van der Waals surface area contributed by atoms with Gasteiger partial charge in [0.25, 0.3) is 0 Å². The van der Waals surface area contributed by atoms with E-state index < -0.39 is 29.5 Å². The first-order valence-electron chi connectivity index (χ1n) is 8.50. The van der Waals surface area contributed by atoms with Crippen molar-refractivity contribution in [2.45, 2.75) is 46.3 Å². The van der Waals surface area contributed by atoms with Gasteiger partial charge < -0.3 is 9.47 Å². The van der Waals surface area contributed by atoms with Crippen molar-refractivity contribution in [1.29, 1.82) is 0 Å². The predicted octanol–water partition coefficient (Wildman–Crippen LogP) is 2.45. The Hall–Kier alpha value is -1.91. The highest BCUT2D eigenvalue weighted by atomic mass is 16.6. The van der Waals surface area contributed by atoms with Crippen LogP contribution in [0.1, 0.15) is 34.1 Å². The van der Waals surface area contributed by atoms with Crippen LogP contribution in [0.25, 0.3) is 0 Å². The average molecular weight is 332 g/mol. The maximum absolute atomic E-state index is 12.7. The zero-order valence-corrected chi connectivity index (χ0v) is 14.6. The van der Waals surface area contributed by atoms with Crippen LogP contribution in [0.5, 0.6) is 0 Å². The molecule has 0 radical (unpaired) electrons. The van der Waals surface area contributed by atoms with E-state index in [2.05, 4.69) is 6.58 Å².